The van der Waals surface area contributed by atoms with Crippen molar-refractivity contribution >= 4 is 25.2 Å². The lowest BCUT2D eigenvalue weighted by molar-refractivity contribution is -0.0550. The first-order valence-corrected chi connectivity index (χ1v) is 8.82. The molecule has 0 spiro atoms. The van der Waals surface area contributed by atoms with Gasteiger partial charge in [0.1, 0.15) is 24.1 Å². The summed E-state index contributed by atoms with van der Waals surface area (Å²) in [6, 6.07) is 1.32. The zero-order valence-electron chi connectivity index (χ0n) is 12.3. The van der Waals surface area contributed by atoms with Crippen molar-refractivity contribution in [3.63, 3.8) is 0 Å². The number of alkyl halides is 1. The van der Waals surface area contributed by atoms with Crippen molar-refractivity contribution in [1.29, 1.82) is 0 Å². The number of rotatable bonds is 7. The summed E-state index contributed by atoms with van der Waals surface area (Å²) in [5.41, 5.74) is 4.59. The van der Waals surface area contributed by atoms with Crippen LogP contribution in [-0.4, -0.2) is 62.1 Å². The Labute approximate surface area is 141 Å². The van der Waals surface area contributed by atoms with Crippen LogP contribution in [-0.2, 0) is 18.3 Å². The molecule has 11 nitrogen and oxygen atoms in total. The van der Waals surface area contributed by atoms with E-state index < -0.39 is 44.7 Å². The zero-order valence-corrected chi connectivity index (χ0v) is 13.9. The van der Waals surface area contributed by atoms with Crippen LogP contribution in [0.25, 0.3) is 0 Å². The molecule has 5 atom stereocenters. The molecule has 136 valence electrons. The summed E-state index contributed by atoms with van der Waals surface area (Å²) >= 11 is 5.33. The predicted octanol–water partition coefficient (Wildman–Crippen LogP) is -1.18. The average molecular weight is 386 g/mol. The number of ether oxygens (including phenoxy) is 1. The highest BCUT2D eigenvalue weighted by atomic mass is 35.5. The van der Waals surface area contributed by atoms with Crippen LogP contribution >= 0.6 is 19.4 Å². The number of anilines is 1. The van der Waals surface area contributed by atoms with Gasteiger partial charge in [-0.05, 0) is 6.07 Å². The van der Waals surface area contributed by atoms with Crippen LogP contribution in [0.3, 0.4) is 0 Å². The number of phosphoric ester groups is 1. The second kappa shape index (κ2) is 7.89. The van der Waals surface area contributed by atoms with Gasteiger partial charge in [-0.1, -0.05) is 0 Å². The number of phosphoric acid groups is 1. The van der Waals surface area contributed by atoms with Gasteiger partial charge < -0.3 is 25.6 Å². The average Bonchev–Trinajstić information content (AvgIpc) is 2.79. The standard InChI is InChI=1S/C11H17ClN3O8P/c12-2-4-21-24(19,20)22-5-6-8(16)9(17)10(23-6)15-3-1-7(13)14-11(15)18/h1,3,6,8-10,16-17H,2,4-5H2,(H,19,20)(H2,13,14,18)/t6-,8-,9+,10?/m1/s1. The highest BCUT2D eigenvalue weighted by molar-refractivity contribution is 7.47. The van der Waals surface area contributed by atoms with E-state index in [0.717, 1.165) is 4.57 Å². The third kappa shape index (κ3) is 4.52. The summed E-state index contributed by atoms with van der Waals surface area (Å²) in [7, 11) is -4.37. The lowest BCUT2D eigenvalue weighted by Crippen LogP contribution is -2.36. The molecule has 1 aliphatic rings. The zero-order chi connectivity index (χ0) is 17.9. The van der Waals surface area contributed by atoms with Crippen LogP contribution in [0.1, 0.15) is 6.23 Å². The maximum atomic E-state index is 11.8. The molecule has 1 aliphatic heterocycles. The molecule has 5 N–H and O–H groups in total. The molecule has 0 amide bonds. The first-order valence-electron chi connectivity index (χ1n) is 6.79. The molecule has 1 aromatic heterocycles. The van der Waals surface area contributed by atoms with Gasteiger partial charge in [0.25, 0.3) is 0 Å². The Hall–Kier alpha value is -1.04. The fourth-order valence-electron chi connectivity index (χ4n) is 2.07. The number of aromatic nitrogens is 2. The number of nitrogen functional groups attached to an aromatic ring is 1. The summed E-state index contributed by atoms with van der Waals surface area (Å²) in [5, 5.41) is 20.0. The minimum atomic E-state index is -4.37. The number of halogens is 1. The molecule has 0 radical (unpaired) electrons. The lowest BCUT2D eigenvalue weighted by atomic mass is 10.1. The predicted molar refractivity (Wildman–Crippen MR) is 81.3 cm³/mol. The van der Waals surface area contributed by atoms with Gasteiger partial charge in [0, 0.05) is 12.1 Å². The lowest BCUT2D eigenvalue weighted by Gasteiger charge is -2.17. The molecule has 2 unspecified atom stereocenters. The second-order valence-electron chi connectivity index (χ2n) is 4.88. The van der Waals surface area contributed by atoms with E-state index in [1.54, 1.807) is 0 Å². The van der Waals surface area contributed by atoms with Crippen molar-refractivity contribution in [2.45, 2.75) is 24.5 Å². The van der Waals surface area contributed by atoms with E-state index in [4.69, 9.17) is 22.1 Å². The highest BCUT2D eigenvalue weighted by Crippen LogP contribution is 2.44. The molecule has 0 aromatic carbocycles. The first-order chi connectivity index (χ1) is 11.2. The van der Waals surface area contributed by atoms with Gasteiger partial charge in [-0.3, -0.25) is 13.6 Å². The Morgan fingerprint density at radius 1 is 1.42 bits per heavy atom. The number of hydrogen-bond acceptors (Lipinski definition) is 9. The smallest absolute Gasteiger partial charge is 0.387 e. The molecule has 0 bridgehead atoms. The molecule has 1 aromatic rings. The Kier molecular flexibility index (Phi) is 6.34. The van der Waals surface area contributed by atoms with Crippen molar-refractivity contribution in [1.82, 2.24) is 9.55 Å². The number of aliphatic hydroxyl groups excluding tert-OH is 2. The van der Waals surface area contributed by atoms with E-state index >= 15 is 0 Å². The summed E-state index contributed by atoms with van der Waals surface area (Å²) in [4.78, 5) is 24.6. The van der Waals surface area contributed by atoms with Crippen molar-refractivity contribution in [2.75, 3.05) is 24.8 Å². The van der Waals surface area contributed by atoms with E-state index in [-0.39, 0.29) is 18.3 Å². The quantitative estimate of drug-likeness (QED) is 0.331. The third-order valence-corrected chi connectivity index (χ3v) is 4.33. The van der Waals surface area contributed by atoms with Gasteiger partial charge in [0.15, 0.2) is 6.23 Å². The summed E-state index contributed by atoms with van der Waals surface area (Å²) in [6.45, 7) is -0.761. The van der Waals surface area contributed by atoms with Crippen LogP contribution in [0.2, 0.25) is 0 Å². The molecule has 2 heterocycles. The van der Waals surface area contributed by atoms with Gasteiger partial charge in [0.2, 0.25) is 0 Å². The SMILES string of the molecule is Nc1ccn(C2O[C@H](COP(=O)(O)OCCCl)[C@@H](O)[C@@H]2O)c(=O)n1. The van der Waals surface area contributed by atoms with Crippen molar-refractivity contribution in [3.05, 3.63) is 22.7 Å². The Morgan fingerprint density at radius 3 is 2.75 bits per heavy atom. The van der Waals surface area contributed by atoms with Gasteiger partial charge in [-0.25, -0.2) is 9.36 Å². The van der Waals surface area contributed by atoms with E-state index in [1.165, 1.54) is 12.3 Å². The minimum Gasteiger partial charge on any atom is -0.387 e. The molecule has 0 saturated carbocycles. The van der Waals surface area contributed by atoms with E-state index in [2.05, 4.69) is 14.0 Å². The number of hydrogen-bond donors (Lipinski definition) is 4. The largest absolute Gasteiger partial charge is 0.472 e. The number of nitrogens with two attached hydrogens (primary N) is 1. The van der Waals surface area contributed by atoms with Gasteiger partial charge >= 0.3 is 13.5 Å². The molecule has 1 fully saturated rings. The van der Waals surface area contributed by atoms with Gasteiger partial charge in [-0.15, -0.1) is 11.6 Å². The van der Waals surface area contributed by atoms with Crippen LogP contribution in [0.15, 0.2) is 17.1 Å². The second-order valence-corrected chi connectivity index (χ2v) is 6.71. The summed E-state index contributed by atoms with van der Waals surface area (Å²) in [6.07, 6.45) is -4.13. The highest BCUT2D eigenvalue weighted by Gasteiger charge is 2.45. The maximum Gasteiger partial charge on any atom is 0.472 e. The Bertz CT molecular complexity index is 673. The summed E-state index contributed by atoms with van der Waals surface area (Å²) in [5.74, 6) is -0.0218. The third-order valence-electron chi connectivity index (χ3n) is 3.20. The van der Waals surface area contributed by atoms with E-state index in [1.807, 2.05) is 0 Å². The van der Waals surface area contributed by atoms with Crippen LogP contribution in [0.4, 0.5) is 5.82 Å². The molecule has 2 rings (SSSR count). The molecule has 0 aliphatic carbocycles. The van der Waals surface area contributed by atoms with E-state index in [0.29, 0.717) is 0 Å². The molecule has 13 heteroatoms. The Morgan fingerprint density at radius 2 is 2.12 bits per heavy atom. The molecule has 24 heavy (non-hydrogen) atoms. The van der Waals surface area contributed by atoms with Crippen LogP contribution in [0, 0.1) is 0 Å². The monoisotopic (exact) mass is 385 g/mol. The topological polar surface area (TPSA) is 166 Å². The normalized spacial score (nSPS) is 29.5. The van der Waals surface area contributed by atoms with Crippen molar-refractivity contribution in [3.8, 4) is 0 Å². The molecular weight excluding hydrogens is 369 g/mol. The van der Waals surface area contributed by atoms with Crippen LogP contribution in [0.5, 0.6) is 0 Å². The Balaban J connectivity index is 2.04. The van der Waals surface area contributed by atoms with E-state index in [9.17, 15) is 24.5 Å². The van der Waals surface area contributed by atoms with Crippen molar-refractivity contribution < 1.29 is 33.5 Å². The number of aliphatic hydroxyl groups is 2. The molecular formula is C11H17ClN3O8P. The van der Waals surface area contributed by atoms with Gasteiger partial charge in [0.05, 0.1) is 13.2 Å². The fourth-order valence-corrected chi connectivity index (χ4v) is 2.99. The van der Waals surface area contributed by atoms with Crippen molar-refractivity contribution in [2.24, 2.45) is 0 Å². The summed E-state index contributed by atoms with van der Waals surface area (Å²) < 4.78 is 27.0. The fraction of sp³-hybridized carbons (Fsp3) is 0.636. The first kappa shape index (κ1) is 19.3. The maximum absolute atomic E-state index is 11.8. The van der Waals surface area contributed by atoms with Gasteiger partial charge in [-0.2, -0.15) is 4.98 Å². The van der Waals surface area contributed by atoms with Crippen LogP contribution < -0.4 is 11.4 Å². The number of nitrogens with zero attached hydrogens (tertiary/aromatic N) is 2. The molecule has 1 saturated heterocycles. The minimum absolute atomic E-state index is 0.00962.